The van der Waals surface area contributed by atoms with E-state index in [4.69, 9.17) is 0 Å². The fourth-order valence-electron chi connectivity index (χ4n) is 0.683. The maximum Gasteiger partial charge on any atom is 0.357 e. The predicted molar refractivity (Wildman–Crippen MR) is 50.5 cm³/mol. The van der Waals surface area contributed by atoms with Crippen molar-refractivity contribution in [3.63, 3.8) is 0 Å². The average Bonchev–Trinajstić information content (AvgIpc) is 2.03. The van der Waals surface area contributed by atoms with Gasteiger partial charge in [0.2, 0.25) is 0 Å². The van der Waals surface area contributed by atoms with Crippen LogP contribution in [-0.4, -0.2) is 18.1 Å². The summed E-state index contributed by atoms with van der Waals surface area (Å²) in [6, 6.07) is 1.68. The Kier molecular flexibility index (Phi) is 3.11. The van der Waals surface area contributed by atoms with Gasteiger partial charge in [-0.1, -0.05) is 0 Å². The van der Waals surface area contributed by atoms with Crippen molar-refractivity contribution in [1.29, 1.82) is 0 Å². The number of methoxy groups -OCH3 is 1. The first-order chi connectivity index (χ1) is 5.65. The number of pyridine rings is 1. The molecule has 0 atom stereocenters. The molecular formula is C7H6BrNO2S. The number of nitrogens with zero attached hydrogens (tertiary/aromatic N) is 1. The fourth-order valence-corrected chi connectivity index (χ4v) is 1.48. The molecule has 0 amide bonds. The monoisotopic (exact) mass is 247 g/mol. The number of hydrogen-bond donors (Lipinski definition) is 1. The van der Waals surface area contributed by atoms with Gasteiger partial charge in [0.25, 0.3) is 0 Å². The van der Waals surface area contributed by atoms with E-state index in [1.807, 2.05) is 0 Å². The van der Waals surface area contributed by atoms with Crippen LogP contribution in [0.2, 0.25) is 0 Å². The summed E-state index contributed by atoms with van der Waals surface area (Å²) in [5.41, 5.74) is 0.226. The van der Waals surface area contributed by atoms with Crippen molar-refractivity contribution < 1.29 is 9.53 Å². The summed E-state index contributed by atoms with van der Waals surface area (Å²) in [6.07, 6.45) is 1.52. The first-order valence-electron chi connectivity index (χ1n) is 3.08. The summed E-state index contributed by atoms with van der Waals surface area (Å²) in [7, 11) is 1.30. The van der Waals surface area contributed by atoms with E-state index in [1.54, 1.807) is 6.07 Å². The molecule has 0 spiro atoms. The molecule has 0 fully saturated rings. The molecular weight excluding hydrogens is 242 g/mol. The zero-order valence-electron chi connectivity index (χ0n) is 6.24. The summed E-state index contributed by atoms with van der Waals surface area (Å²) in [6.45, 7) is 0. The number of ether oxygens (including phenoxy) is 1. The number of carbonyl (C=O) groups excluding carboxylic acids is 1. The molecule has 0 aliphatic rings. The molecule has 3 nitrogen and oxygen atoms in total. The van der Waals surface area contributed by atoms with Crippen molar-refractivity contribution in [2.45, 2.75) is 4.90 Å². The third-order valence-corrected chi connectivity index (χ3v) is 1.99. The third kappa shape index (κ3) is 1.98. The number of hydrogen-bond acceptors (Lipinski definition) is 4. The zero-order valence-corrected chi connectivity index (χ0v) is 8.72. The zero-order chi connectivity index (χ0) is 9.14. The van der Waals surface area contributed by atoms with E-state index in [0.29, 0.717) is 4.90 Å². The largest absolute Gasteiger partial charge is 0.464 e. The van der Waals surface area contributed by atoms with Crippen molar-refractivity contribution >= 4 is 34.5 Å². The van der Waals surface area contributed by atoms with E-state index < -0.39 is 5.97 Å². The Morgan fingerprint density at radius 1 is 1.75 bits per heavy atom. The van der Waals surface area contributed by atoms with Crippen LogP contribution in [-0.2, 0) is 4.74 Å². The molecule has 12 heavy (non-hydrogen) atoms. The first-order valence-corrected chi connectivity index (χ1v) is 4.32. The van der Waals surface area contributed by atoms with Crippen molar-refractivity contribution in [3.8, 4) is 0 Å². The normalized spacial score (nSPS) is 9.58. The summed E-state index contributed by atoms with van der Waals surface area (Å²) in [5, 5.41) is 0. The molecule has 0 unspecified atom stereocenters. The van der Waals surface area contributed by atoms with Crippen LogP contribution in [0.1, 0.15) is 10.5 Å². The number of carbonyl (C=O) groups is 1. The molecule has 64 valence electrons. The molecule has 1 aromatic rings. The second-order valence-electron chi connectivity index (χ2n) is 2.01. The maximum absolute atomic E-state index is 11.0. The lowest BCUT2D eigenvalue weighted by Crippen LogP contribution is -2.04. The molecule has 0 aliphatic carbocycles. The molecule has 0 aromatic carbocycles. The minimum atomic E-state index is -0.479. The average molecular weight is 248 g/mol. The van der Waals surface area contributed by atoms with Crippen LogP contribution in [0.4, 0.5) is 0 Å². The van der Waals surface area contributed by atoms with Gasteiger partial charge < -0.3 is 4.74 Å². The smallest absolute Gasteiger partial charge is 0.357 e. The lowest BCUT2D eigenvalue weighted by atomic mass is 10.3. The van der Waals surface area contributed by atoms with Crippen LogP contribution >= 0.6 is 28.6 Å². The highest BCUT2D eigenvalue weighted by molar-refractivity contribution is 9.10. The van der Waals surface area contributed by atoms with Gasteiger partial charge in [0, 0.05) is 15.6 Å². The third-order valence-electron chi connectivity index (χ3n) is 1.21. The van der Waals surface area contributed by atoms with Gasteiger partial charge in [-0.2, -0.15) is 0 Å². The molecule has 5 heteroatoms. The minimum absolute atomic E-state index is 0.226. The van der Waals surface area contributed by atoms with Crippen LogP contribution in [0.25, 0.3) is 0 Å². The van der Waals surface area contributed by atoms with Gasteiger partial charge in [-0.25, -0.2) is 9.78 Å². The topological polar surface area (TPSA) is 39.2 Å². The molecule has 0 N–H and O–H groups in total. The van der Waals surface area contributed by atoms with Crippen LogP contribution < -0.4 is 0 Å². The summed E-state index contributed by atoms with van der Waals surface area (Å²) in [5.74, 6) is -0.479. The highest BCUT2D eigenvalue weighted by Gasteiger charge is 2.10. The summed E-state index contributed by atoms with van der Waals surface area (Å²) >= 11 is 7.27. The Morgan fingerprint density at radius 3 is 2.92 bits per heavy atom. The van der Waals surface area contributed by atoms with Crippen molar-refractivity contribution in [1.82, 2.24) is 4.98 Å². The van der Waals surface area contributed by atoms with Crippen LogP contribution in [0, 0.1) is 0 Å². The maximum atomic E-state index is 11.0. The first kappa shape index (κ1) is 9.54. The van der Waals surface area contributed by atoms with Crippen molar-refractivity contribution in [2.24, 2.45) is 0 Å². The SMILES string of the molecule is COC(=O)c1ncc(Br)cc1S. The van der Waals surface area contributed by atoms with Crippen molar-refractivity contribution in [3.05, 3.63) is 22.4 Å². The Labute approximate surface area is 83.7 Å². The van der Waals surface area contributed by atoms with Gasteiger partial charge in [-0.3, -0.25) is 0 Å². The van der Waals surface area contributed by atoms with Gasteiger partial charge in [0.15, 0.2) is 5.69 Å². The molecule has 0 aliphatic heterocycles. The lowest BCUT2D eigenvalue weighted by Gasteiger charge is -2.00. The van der Waals surface area contributed by atoms with Crippen LogP contribution in [0.3, 0.4) is 0 Å². The quantitative estimate of drug-likeness (QED) is 0.609. The van der Waals surface area contributed by atoms with E-state index in [1.165, 1.54) is 13.3 Å². The van der Waals surface area contributed by atoms with E-state index in [9.17, 15) is 4.79 Å². The molecule has 0 saturated heterocycles. The molecule has 0 bridgehead atoms. The van der Waals surface area contributed by atoms with Crippen LogP contribution in [0.15, 0.2) is 21.6 Å². The highest BCUT2D eigenvalue weighted by Crippen LogP contribution is 2.17. The Bertz CT molecular complexity index is 316. The Morgan fingerprint density at radius 2 is 2.42 bits per heavy atom. The van der Waals surface area contributed by atoms with Gasteiger partial charge in [-0.05, 0) is 22.0 Å². The second-order valence-corrected chi connectivity index (χ2v) is 3.41. The molecule has 0 saturated carbocycles. The standard InChI is InChI=1S/C7H6BrNO2S/c1-11-7(10)6-5(12)2-4(8)3-9-6/h2-3,12H,1H3. The van der Waals surface area contributed by atoms with E-state index >= 15 is 0 Å². The Hall–Kier alpha value is -0.550. The predicted octanol–water partition coefficient (Wildman–Crippen LogP) is 1.92. The lowest BCUT2D eigenvalue weighted by molar-refractivity contribution is 0.0589. The van der Waals surface area contributed by atoms with E-state index in [-0.39, 0.29) is 5.69 Å². The molecule has 1 aromatic heterocycles. The van der Waals surface area contributed by atoms with Gasteiger partial charge in [-0.15, -0.1) is 12.6 Å². The second kappa shape index (κ2) is 3.91. The minimum Gasteiger partial charge on any atom is -0.464 e. The van der Waals surface area contributed by atoms with Crippen LogP contribution in [0.5, 0.6) is 0 Å². The van der Waals surface area contributed by atoms with Gasteiger partial charge in [0.1, 0.15) is 0 Å². The number of rotatable bonds is 1. The molecule has 1 rings (SSSR count). The molecule has 0 radical (unpaired) electrons. The number of esters is 1. The van der Waals surface area contributed by atoms with E-state index in [2.05, 4.69) is 38.3 Å². The van der Waals surface area contributed by atoms with E-state index in [0.717, 1.165) is 4.47 Å². The fraction of sp³-hybridized carbons (Fsp3) is 0.143. The number of aromatic nitrogens is 1. The Balaban J connectivity index is 3.09. The van der Waals surface area contributed by atoms with Gasteiger partial charge in [0.05, 0.1) is 7.11 Å². The number of halogens is 1. The summed E-state index contributed by atoms with van der Waals surface area (Å²) < 4.78 is 5.27. The van der Waals surface area contributed by atoms with Crippen molar-refractivity contribution in [2.75, 3.05) is 7.11 Å². The number of thiol groups is 1. The molecule has 1 heterocycles. The highest BCUT2D eigenvalue weighted by atomic mass is 79.9. The van der Waals surface area contributed by atoms with Gasteiger partial charge >= 0.3 is 5.97 Å². The summed E-state index contributed by atoms with van der Waals surface area (Å²) in [4.78, 5) is 15.3.